The van der Waals surface area contributed by atoms with Crippen LogP contribution in [0.25, 0.3) is 0 Å². The molecule has 0 aliphatic rings. The van der Waals surface area contributed by atoms with E-state index in [0.717, 1.165) is 0 Å². The van der Waals surface area contributed by atoms with Crippen LogP contribution in [0.15, 0.2) is 12.7 Å². The number of ether oxygens (including phenoxy) is 1. The quantitative estimate of drug-likeness (QED) is 0.483. The number of rotatable bonds is 7. The summed E-state index contributed by atoms with van der Waals surface area (Å²) in [6.45, 7) is 7.00. The van der Waals surface area contributed by atoms with Crippen molar-refractivity contribution in [3.63, 3.8) is 0 Å². The zero-order chi connectivity index (χ0) is 12.7. The van der Waals surface area contributed by atoms with Gasteiger partial charge in [-0.15, -0.1) is 16.8 Å². The monoisotopic (exact) mass is 239 g/mol. The highest BCUT2D eigenvalue weighted by Crippen LogP contribution is 1.98. The number of hydrogen-bond donors (Lipinski definition) is 0. The first kappa shape index (κ1) is 13.3. The normalized spacial score (nSPS) is 10.5. The highest BCUT2D eigenvalue weighted by Gasteiger charge is 2.13. The second-order valence-corrected chi connectivity index (χ2v) is 3.46. The number of tetrazole rings is 1. The van der Waals surface area contributed by atoms with Crippen molar-refractivity contribution in [2.24, 2.45) is 7.05 Å². The molecule has 0 saturated heterocycles. The van der Waals surface area contributed by atoms with Crippen LogP contribution in [0.3, 0.4) is 0 Å². The van der Waals surface area contributed by atoms with Crippen molar-refractivity contribution in [3.05, 3.63) is 18.5 Å². The van der Waals surface area contributed by atoms with Gasteiger partial charge in [-0.1, -0.05) is 6.08 Å². The molecule has 0 radical (unpaired) electrons. The summed E-state index contributed by atoms with van der Waals surface area (Å²) in [7, 11) is 1.69. The predicted molar refractivity (Wildman–Crippen MR) is 60.9 cm³/mol. The van der Waals surface area contributed by atoms with Crippen LogP contribution in [0.4, 0.5) is 0 Å². The molecule has 94 valence electrons. The smallest absolute Gasteiger partial charge is 0.320 e. The summed E-state index contributed by atoms with van der Waals surface area (Å²) in [4.78, 5) is 14.6. The van der Waals surface area contributed by atoms with Crippen LogP contribution in [0.1, 0.15) is 12.7 Å². The maximum atomic E-state index is 11.4. The number of hydrogen-bond acceptors (Lipinski definition) is 6. The molecule has 0 fully saturated rings. The Balaban J connectivity index is 2.53. The molecule has 0 aliphatic heterocycles. The molecule has 0 atom stereocenters. The Labute approximate surface area is 100 Å². The van der Waals surface area contributed by atoms with E-state index >= 15 is 0 Å². The largest absolute Gasteiger partial charge is 0.465 e. The van der Waals surface area contributed by atoms with Gasteiger partial charge in [0.25, 0.3) is 0 Å². The lowest BCUT2D eigenvalue weighted by Gasteiger charge is -2.17. The molecule has 7 heteroatoms. The van der Waals surface area contributed by atoms with Gasteiger partial charge < -0.3 is 4.74 Å². The average molecular weight is 239 g/mol. The van der Waals surface area contributed by atoms with Crippen molar-refractivity contribution in [1.29, 1.82) is 0 Å². The van der Waals surface area contributed by atoms with Gasteiger partial charge in [0.05, 0.1) is 26.7 Å². The Kier molecular flexibility index (Phi) is 5.28. The minimum atomic E-state index is -0.266. The van der Waals surface area contributed by atoms with Gasteiger partial charge in [-0.25, -0.2) is 0 Å². The first-order chi connectivity index (χ1) is 8.15. The van der Waals surface area contributed by atoms with Gasteiger partial charge in [0.1, 0.15) is 0 Å². The van der Waals surface area contributed by atoms with E-state index in [9.17, 15) is 4.79 Å². The Bertz CT molecular complexity index is 377. The van der Waals surface area contributed by atoms with Crippen molar-refractivity contribution in [2.45, 2.75) is 13.5 Å². The van der Waals surface area contributed by atoms with Crippen molar-refractivity contribution in [1.82, 2.24) is 25.1 Å². The Morgan fingerprint density at radius 3 is 2.94 bits per heavy atom. The average Bonchev–Trinajstić information content (AvgIpc) is 2.64. The van der Waals surface area contributed by atoms with Crippen LogP contribution in [0.5, 0.6) is 0 Å². The van der Waals surface area contributed by atoms with Crippen molar-refractivity contribution >= 4 is 5.97 Å². The van der Waals surface area contributed by atoms with Gasteiger partial charge in [0.15, 0.2) is 5.82 Å². The second-order valence-electron chi connectivity index (χ2n) is 3.46. The molecular formula is C10H17N5O2. The van der Waals surface area contributed by atoms with Crippen LogP contribution < -0.4 is 0 Å². The number of aryl methyl sites for hydroxylation is 1. The number of nitrogens with zero attached hydrogens (tertiary/aromatic N) is 5. The molecule has 7 nitrogen and oxygen atoms in total. The van der Waals surface area contributed by atoms with E-state index in [1.54, 1.807) is 20.0 Å². The van der Waals surface area contributed by atoms with Crippen LogP contribution in [-0.4, -0.2) is 50.8 Å². The van der Waals surface area contributed by atoms with Gasteiger partial charge in [-0.3, -0.25) is 9.69 Å². The number of aromatic nitrogens is 4. The highest BCUT2D eigenvalue weighted by molar-refractivity contribution is 5.71. The van der Waals surface area contributed by atoms with E-state index in [2.05, 4.69) is 22.0 Å². The fraction of sp³-hybridized carbons (Fsp3) is 0.600. The molecule has 0 amide bonds. The van der Waals surface area contributed by atoms with Crippen molar-refractivity contribution < 1.29 is 9.53 Å². The summed E-state index contributed by atoms with van der Waals surface area (Å²) in [5.74, 6) is 0.303. The zero-order valence-corrected chi connectivity index (χ0v) is 10.2. The van der Waals surface area contributed by atoms with E-state index < -0.39 is 0 Å². The summed E-state index contributed by atoms with van der Waals surface area (Å²) in [6.07, 6.45) is 1.72. The highest BCUT2D eigenvalue weighted by atomic mass is 16.5. The van der Waals surface area contributed by atoms with Gasteiger partial charge in [0.2, 0.25) is 0 Å². The SMILES string of the molecule is C=CCN(CC(=O)OCC)Cc1nnn(C)n1. The van der Waals surface area contributed by atoms with Gasteiger partial charge >= 0.3 is 5.97 Å². The topological polar surface area (TPSA) is 73.1 Å². The van der Waals surface area contributed by atoms with Crippen molar-refractivity contribution in [3.8, 4) is 0 Å². The standard InChI is InChI=1S/C10H17N5O2/c1-4-6-15(8-10(16)17-5-2)7-9-11-13-14(3)12-9/h4H,1,5-8H2,2-3H3. The molecular weight excluding hydrogens is 222 g/mol. The minimum Gasteiger partial charge on any atom is -0.465 e. The third kappa shape index (κ3) is 4.73. The number of carbonyl (C=O) groups is 1. The third-order valence-corrected chi connectivity index (χ3v) is 1.96. The van der Waals surface area contributed by atoms with Gasteiger partial charge in [-0.05, 0) is 12.1 Å². The maximum Gasteiger partial charge on any atom is 0.320 e. The van der Waals surface area contributed by atoms with Crippen LogP contribution in [0, 0.1) is 0 Å². The second kappa shape index (κ2) is 6.74. The fourth-order valence-electron chi connectivity index (χ4n) is 1.34. The molecule has 0 spiro atoms. The molecule has 0 aromatic carbocycles. The molecule has 0 saturated carbocycles. The molecule has 17 heavy (non-hydrogen) atoms. The Morgan fingerprint density at radius 1 is 1.65 bits per heavy atom. The Hall–Kier alpha value is -1.76. The summed E-state index contributed by atoms with van der Waals surface area (Å²) < 4.78 is 4.89. The van der Waals surface area contributed by atoms with Gasteiger partial charge in [-0.2, -0.15) is 4.80 Å². The minimum absolute atomic E-state index is 0.193. The van der Waals surface area contributed by atoms with E-state index in [1.807, 2.05) is 4.90 Å². The van der Waals surface area contributed by atoms with Crippen LogP contribution in [-0.2, 0) is 23.1 Å². The molecule has 1 aromatic heterocycles. The molecule has 1 heterocycles. The number of esters is 1. The molecule has 0 aliphatic carbocycles. The van der Waals surface area contributed by atoms with Crippen molar-refractivity contribution in [2.75, 3.05) is 19.7 Å². The Morgan fingerprint density at radius 2 is 2.41 bits per heavy atom. The zero-order valence-electron chi connectivity index (χ0n) is 10.2. The van der Waals surface area contributed by atoms with E-state index in [1.165, 1.54) is 4.80 Å². The van der Waals surface area contributed by atoms with E-state index in [4.69, 9.17) is 4.74 Å². The first-order valence-electron chi connectivity index (χ1n) is 5.37. The van der Waals surface area contributed by atoms with E-state index in [-0.39, 0.29) is 12.5 Å². The lowest BCUT2D eigenvalue weighted by atomic mass is 10.4. The first-order valence-corrected chi connectivity index (χ1v) is 5.37. The van der Waals surface area contributed by atoms with E-state index in [0.29, 0.717) is 25.5 Å². The molecule has 1 rings (SSSR count). The number of carbonyl (C=O) groups excluding carboxylic acids is 1. The molecule has 0 N–H and O–H groups in total. The van der Waals surface area contributed by atoms with Crippen LogP contribution in [0.2, 0.25) is 0 Å². The maximum absolute atomic E-state index is 11.4. The molecule has 0 bridgehead atoms. The third-order valence-electron chi connectivity index (χ3n) is 1.96. The van der Waals surface area contributed by atoms with Gasteiger partial charge in [0, 0.05) is 6.54 Å². The van der Waals surface area contributed by atoms with Crippen LogP contribution >= 0.6 is 0 Å². The lowest BCUT2D eigenvalue weighted by molar-refractivity contribution is -0.144. The summed E-state index contributed by atoms with van der Waals surface area (Å²) in [6, 6.07) is 0. The predicted octanol–water partition coefficient (Wildman–Crippen LogP) is -0.239. The molecule has 0 unspecified atom stereocenters. The summed E-state index contributed by atoms with van der Waals surface area (Å²) in [5, 5.41) is 11.6. The summed E-state index contributed by atoms with van der Waals surface area (Å²) in [5.41, 5.74) is 0. The molecule has 1 aromatic rings. The lowest BCUT2D eigenvalue weighted by Crippen LogP contribution is -2.31. The summed E-state index contributed by atoms with van der Waals surface area (Å²) >= 11 is 0. The fourth-order valence-corrected chi connectivity index (χ4v) is 1.34.